The largest absolute Gasteiger partial charge is 0.504 e. The van der Waals surface area contributed by atoms with Gasteiger partial charge in [-0.15, -0.1) is 0 Å². The van der Waals surface area contributed by atoms with Gasteiger partial charge >= 0.3 is 5.97 Å². The van der Waals surface area contributed by atoms with Crippen LogP contribution in [0.1, 0.15) is 56.6 Å². The zero-order valence-corrected chi connectivity index (χ0v) is 20.1. The Labute approximate surface area is 200 Å². The zero-order valence-electron chi connectivity index (χ0n) is 20.1. The smallest absolute Gasteiger partial charge is 0.336 e. The quantitative estimate of drug-likeness (QED) is 0.592. The molecule has 6 nitrogen and oxygen atoms in total. The number of nitrogens with one attached hydrogen (secondary N) is 1. The average molecular weight is 462 g/mol. The molecular weight excluding hydrogens is 430 g/mol. The molecule has 2 aliphatic rings. The predicted molar refractivity (Wildman–Crippen MR) is 129 cm³/mol. The van der Waals surface area contributed by atoms with Crippen LogP contribution in [-0.2, 0) is 14.3 Å². The molecule has 1 aliphatic carbocycles. The first kappa shape index (κ1) is 23.6. The van der Waals surface area contributed by atoms with Crippen molar-refractivity contribution in [2.45, 2.75) is 45.4 Å². The number of benzene rings is 2. The highest BCUT2D eigenvalue weighted by atomic mass is 16.5. The second-order valence-corrected chi connectivity index (χ2v) is 9.35. The van der Waals surface area contributed by atoms with E-state index in [0.29, 0.717) is 35.2 Å². The molecule has 0 bridgehead atoms. The van der Waals surface area contributed by atoms with Crippen molar-refractivity contribution in [3.8, 4) is 11.5 Å². The molecule has 0 amide bonds. The number of phenolic OH excluding ortho intramolecular Hbond substituents is 1. The molecular formula is C28H31NO5. The van der Waals surface area contributed by atoms with Crippen LogP contribution in [-0.4, -0.2) is 30.6 Å². The first-order valence-corrected chi connectivity index (χ1v) is 11.6. The Morgan fingerprint density at radius 1 is 1.12 bits per heavy atom. The lowest BCUT2D eigenvalue weighted by Crippen LogP contribution is -2.36. The van der Waals surface area contributed by atoms with Gasteiger partial charge in [0.15, 0.2) is 17.3 Å². The molecule has 0 aromatic heterocycles. The molecule has 2 atom stereocenters. The summed E-state index contributed by atoms with van der Waals surface area (Å²) in [6.45, 7) is 6.09. The highest BCUT2D eigenvalue weighted by Crippen LogP contribution is 2.46. The summed E-state index contributed by atoms with van der Waals surface area (Å²) in [6.07, 6.45) is 1.03. The number of esters is 1. The van der Waals surface area contributed by atoms with Crippen LogP contribution in [0.2, 0.25) is 0 Å². The summed E-state index contributed by atoms with van der Waals surface area (Å²) >= 11 is 0. The second-order valence-electron chi connectivity index (χ2n) is 9.35. The van der Waals surface area contributed by atoms with Crippen molar-refractivity contribution in [3.05, 3.63) is 82.2 Å². The van der Waals surface area contributed by atoms with Crippen LogP contribution in [0.4, 0.5) is 0 Å². The molecule has 0 radical (unpaired) electrons. The lowest BCUT2D eigenvalue weighted by molar-refractivity contribution is -0.140. The van der Waals surface area contributed by atoms with Crippen LogP contribution < -0.4 is 10.1 Å². The van der Waals surface area contributed by atoms with Crippen LogP contribution in [0, 0.1) is 5.92 Å². The molecule has 1 aliphatic heterocycles. The van der Waals surface area contributed by atoms with Crippen molar-refractivity contribution in [1.29, 1.82) is 0 Å². The molecule has 178 valence electrons. The fourth-order valence-corrected chi connectivity index (χ4v) is 4.80. The number of ketones is 1. The summed E-state index contributed by atoms with van der Waals surface area (Å²) in [5, 5.41) is 13.5. The summed E-state index contributed by atoms with van der Waals surface area (Å²) in [6, 6.07) is 15.0. The van der Waals surface area contributed by atoms with Crippen molar-refractivity contribution in [2.75, 3.05) is 13.7 Å². The zero-order chi connectivity index (χ0) is 24.4. The topological polar surface area (TPSA) is 84.9 Å². The van der Waals surface area contributed by atoms with Gasteiger partial charge < -0.3 is 19.9 Å². The Morgan fingerprint density at radius 2 is 1.85 bits per heavy atom. The standard InChI is InChI=1S/C28H31NO5/c1-16(2)15-34-28(32)25-17(3)29-21-12-20(18-8-6-5-7-9-18)13-23(31)27(21)26(25)19-10-11-22(30)24(14-19)33-4/h5-11,14,16,20,26,29-30H,12-13,15H2,1-4H3. The van der Waals surface area contributed by atoms with E-state index in [2.05, 4.69) is 5.32 Å². The number of methoxy groups -OCH3 is 1. The van der Waals surface area contributed by atoms with E-state index in [1.54, 1.807) is 12.1 Å². The molecule has 6 heteroatoms. The van der Waals surface area contributed by atoms with Crippen molar-refractivity contribution < 1.29 is 24.2 Å². The number of ether oxygens (including phenoxy) is 2. The highest BCUT2D eigenvalue weighted by molar-refractivity contribution is 6.04. The molecule has 0 spiro atoms. The van der Waals surface area contributed by atoms with Gasteiger partial charge in [0.1, 0.15) is 0 Å². The first-order chi connectivity index (χ1) is 16.3. The Kier molecular flexibility index (Phi) is 6.77. The second kappa shape index (κ2) is 9.75. The van der Waals surface area contributed by atoms with Crippen LogP contribution in [0.3, 0.4) is 0 Å². The highest BCUT2D eigenvalue weighted by Gasteiger charge is 2.41. The molecule has 0 fully saturated rings. The van der Waals surface area contributed by atoms with Crippen molar-refractivity contribution in [3.63, 3.8) is 0 Å². The number of hydrogen-bond donors (Lipinski definition) is 2. The van der Waals surface area contributed by atoms with Gasteiger partial charge in [0.25, 0.3) is 0 Å². The maximum Gasteiger partial charge on any atom is 0.336 e. The molecule has 1 heterocycles. The molecule has 2 unspecified atom stereocenters. The van der Waals surface area contributed by atoms with Gasteiger partial charge in [0.2, 0.25) is 0 Å². The molecule has 2 N–H and O–H groups in total. The normalized spacial score (nSPS) is 20.2. The van der Waals surface area contributed by atoms with Crippen LogP contribution >= 0.6 is 0 Å². The van der Waals surface area contributed by atoms with E-state index >= 15 is 0 Å². The minimum atomic E-state index is -0.602. The van der Waals surface area contributed by atoms with E-state index in [1.807, 2.05) is 51.1 Å². The minimum absolute atomic E-state index is 0.00121. The number of dihydropyridines is 1. The summed E-state index contributed by atoms with van der Waals surface area (Å²) in [5.41, 5.74) is 4.33. The summed E-state index contributed by atoms with van der Waals surface area (Å²) in [5.74, 6) is -0.506. The van der Waals surface area contributed by atoms with Gasteiger partial charge in [-0.1, -0.05) is 50.2 Å². The number of hydrogen-bond acceptors (Lipinski definition) is 6. The SMILES string of the molecule is COc1cc(C2C(C(=O)OCC(C)C)=C(C)NC3=C2C(=O)CC(c2ccccc2)C3)ccc1O. The van der Waals surface area contributed by atoms with Gasteiger partial charge in [0, 0.05) is 29.3 Å². The van der Waals surface area contributed by atoms with E-state index in [1.165, 1.54) is 13.2 Å². The number of rotatable bonds is 6. The monoisotopic (exact) mass is 461 g/mol. The van der Waals surface area contributed by atoms with E-state index < -0.39 is 11.9 Å². The molecule has 2 aromatic rings. The van der Waals surface area contributed by atoms with E-state index in [9.17, 15) is 14.7 Å². The maximum absolute atomic E-state index is 13.6. The van der Waals surface area contributed by atoms with Gasteiger partial charge in [-0.2, -0.15) is 0 Å². The van der Waals surface area contributed by atoms with Crippen LogP contribution in [0.25, 0.3) is 0 Å². The minimum Gasteiger partial charge on any atom is -0.504 e. The number of phenols is 1. The fraction of sp³-hybridized carbons (Fsp3) is 0.357. The number of carbonyl (C=O) groups excluding carboxylic acids is 2. The number of Topliss-reactive ketones (excluding diaryl/α,β-unsaturated/α-hetero) is 1. The molecule has 0 saturated carbocycles. The Bertz CT molecular complexity index is 1160. The average Bonchev–Trinajstić information content (AvgIpc) is 2.82. The lowest BCUT2D eigenvalue weighted by Gasteiger charge is -2.37. The number of allylic oxidation sites excluding steroid dienone is 3. The Hall–Kier alpha value is -3.54. The maximum atomic E-state index is 13.6. The van der Waals surface area contributed by atoms with Crippen molar-refractivity contribution >= 4 is 11.8 Å². The Morgan fingerprint density at radius 3 is 2.53 bits per heavy atom. The number of aromatic hydroxyl groups is 1. The van der Waals surface area contributed by atoms with Crippen molar-refractivity contribution in [1.82, 2.24) is 5.32 Å². The number of carbonyl (C=O) groups is 2. The third-order valence-electron chi connectivity index (χ3n) is 6.40. The summed E-state index contributed by atoms with van der Waals surface area (Å²) in [7, 11) is 1.47. The van der Waals surface area contributed by atoms with Gasteiger partial charge in [-0.3, -0.25) is 4.79 Å². The molecule has 0 saturated heterocycles. The van der Waals surface area contributed by atoms with Crippen molar-refractivity contribution in [2.24, 2.45) is 5.92 Å². The summed E-state index contributed by atoms with van der Waals surface area (Å²) < 4.78 is 10.9. The van der Waals surface area contributed by atoms with Crippen LogP contribution in [0.5, 0.6) is 11.5 Å². The molecule has 2 aromatic carbocycles. The first-order valence-electron chi connectivity index (χ1n) is 11.6. The van der Waals surface area contributed by atoms with E-state index in [4.69, 9.17) is 9.47 Å². The lowest BCUT2D eigenvalue weighted by atomic mass is 9.71. The van der Waals surface area contributed by atoms with Gasteiger partial charge in [-0.25, -0.2) is 4.79 Å². The third-order valence-corrected chi connectivity index (χ3v) is 6.40. The van der Waals surface area contributed by atoms with E-state index in [0.717, 1.165) is 11.3 Å². The predicted octanol–water partition coefficient (Wildman–Crippen LogP) is 4.96. The molecule has 34 heavy (non-hydrogen) atoms. The summed E-state index contributed by atoms with van der Waals surface area (Å²) in [4.78, 5) is 26.9. The fourth-order valence-electron chi connectivity index (χ4n) is 4.80. The van der Waals surface area contributed by atoms with Gasteiger partial charge in [-0.05, 0) is 48.4 Å². The Balaban J connectivity index is 1.80. The molecule has 4 rings (SSSR count). The van der Waals surface area contributed by atoms with E-state index in [-0.39, 0.29) is 35.7 Å². The van der Waals surface area contributed by atoms with Gasteiger partial charge in [0.05, 0.1) is 19.3 Å². The van der Waals surface area contributed by atoms with Crippen LogP contribution in [0.15, 0.2) is 71.1 Å². The third kappa shape index (κ3) is 4.58.